The summed E-state index contributed by atoms with van der Waals surface area (Å²) >= 11 is 0. The van der Waals surface area contributed by atoms with Crippen LogP contribution in [-0.4, -0.2) is 14.9 Å². The molecule has 1 heterocycles. The van der Waals surface area contributed by atoms with E-state index in [1.165, 1.54) is 12.1 Å². The van der Waals surface area contributed by atoms with E-state index in [2.05, 4.69) is 9.97 Å². The van der Waals surface area contributed by atoms with Crippen molar-refractivity contribution in [2.24, 2.45) is 0 Å². The predicted octanol–water partition coefficient (Wildman–Crippen LogP) is 2.08. The number of hydrogen-bond donors (Lipinski definition) is 1. The van der Waals surface area contributed by atoms with E-state index in [4.69, 9.17) is 5.73 Å². The standard InChI is InChI=1S/C11H9FN4O2/c1-6-2-7(4-8(12)3-6)10-9(16(17)18)5-14-11(13)15-10/h2-5H,1H3,(H2,13,14,15). The minimum absolute atomic E-state index is 0.00935. The Balaban J connectivity index is 2.68. The van der Waals surface area contributed by atoms with Crippen molar-refractivity contribution in [2.45, 2.75) is 6.92 Å². The third-order valence-electron chi connectivity index (χ3n) is 2.30. The highest BCUT2D eigenvalue weighted by molar-refractivity contribution is 5.70. The van der Waals surface area contributed by atoms with Crippen molar-refractivity contribution in [2.75, 3.05) is 5.73 Å². The maximum atomic E-state index is 13.3. The molecule has 92 valence electrons. The molecule has 0 radical (unpaired) electrons. The molecule has 0 aliphatic carbocycles. The first-order chi connectivity index (χ1) is 8.47. The van der Waals surface area contributed by atoms with Gasteiger partial charge in [-0.3, -0.25) is 10.1 Å². The van der Waals surface area contributed by atoms with Crippen LogP contribution in [0.25, 0.3) is 11.3 Å². The van der Waals surface area contributed by atoms with E-state index in [0.717, 1.165) is 6.20 Å². The van der Waals surface area contributed by atoms with Crippen LogP contribution >= 0.6 is 0 Å². The molecule has 0 fully saturated rings. The number of hydrogen-bond acceptors (Lipinski definition) is 5. The molecule has 0 aliphatic heterocycles. The highest BCUT2D eigenvalue weighted by Gasteiger charge is 2.19. The van der Waals surface area contributed by atoms with E-state index in [9.17, 15) is 14.5 Å². The van der Waals surface area contributed by atoms with Crippen molar-refractivity contribution >= 4 is 11.6 Å². The van der Waals surface area contributed by atoms with Crippen molar-refractivity contribution in [3.63, 3.8) is 0 Å². The molecule has 1 aromatic carbocycles. The van der Waals surface area contributed by atoms with Gasteiger partial charge in [-0.25, -0.2) is 14.4 Å². The second-order valence-electron chi connectivity index (χ2n) is 3.74. The van der Waals surface area contributed by atoms with Gasteiger partial charge in [-0.05, 0) is 30.7 Å². The van der Waals surface area contributed by atoms with Gasteiger partial charge in [0.25, 0.3) is 0 Å². The number of aryl methyl sites for hydroxylation is 1. The van der Waals surface area contributed by atoms with Gasteiger partial charge in [0.05, 0.1) is 4.92 Å². The van der Waals surface area contributed by atoms with Gasteiger partial charge in [0.15, 0.2) is 5.69 Å². The Labute approximate surface area is 101 Å². The van der Waals surface area contributed by atoms with Crippen LogP contribution in [-0.2, 0) is 0 Å². The van der Waals surface area contributed by atoms with E-state index in [1.807, 2.05) is 0 Å². The summed E-state index contributed by atoms with van der Waals surface area (Å²) < 4.78 is 13.3. The topological polar surface area (TPSA) is 94.9 Å². The highest BCUT2D eigenvalue weighted by atomic mass is 19.1. The average Bonchev–Trinajstić information content (AvgIpc) is 2.27. The highest BCUT2D eigenvalue weighted by Crippen LogP contribution is 2.28. The van der Waals surface area contributed by atoms with E-state index < -0.39 is 10.7 Å². The predicted molar refractivity (Wildman–Crippen MR) is 63.2 cm³/mol. The van der Waals surface area contributed by atoms with Gasteiger partial charge < -0.3 is 5.73 Å². The van der Waals surface area contributed by atoms with Gasteiger partial charge in [0.2, 0.25) is 5.95 Å². The number of nitrogens with zero attached hydrogens (tertiary/aromatic N) is 3. The quantitative estimate of drug-likeness (QED) is 0.648. The van der Waals surface area contributed by atoms with E-state index >= 15 is 0 Å². The fourth-order valence-electron chi connectivity index (χ4n) is 1.61. The maximum Gasteiger partial charge on any atom is 0.313 e. The minimum atomic E-state index is -0.630. The molecule has 18 heavy (non-hydrogen) atoms. The molecular formula is C11H9FN4O2. The van der Waals surface area contributed by atoms with Gasteiger partial charge >= 0.3 is 5.69 Å². The Morgan fingerprint density at radius 2 is 2.11 bits per heavy atom. The lowest BCUT2D eigenvalue weighted by molar-refractivity contribution is -0.384. The fourth-order valence-corrected chi connectivity index (χ4v) is 1.61. The molecule has 0 atom stereocenters. The third-order valence-corrected chi connectivity index (χ3v) is 2.30. The smallest absolute Gasteiger partial charge is 0.313 e. The molecule has 0 spiro atoms. The van der Waals surface area contributed by atoms with Gasteiger partial charge in [0, 0.05) is 5.56 Å². The molecular weight excluding hydrogens is 239 g/mol. The Morgan fingerprint density at radius 1 is 1.39 bits per heavy atom. The monoisotopic (exact) mass is 248 g/mol. The molecule has 0 saturated heterocycles. The maximum absolute atomic E-state index is 13.3. The molecule has 0 saturated carbocycles. The lowest BCUT2D eigenvalue weighted by Gasteiger charge is -2.04. The van der Waals surface area contributed by atoms with Crippen molar-refractivity contribution in [3.05, 3.63) is 45.9 Å². The van der Waals surface area contributed by atoms with Crippen LogP contribution in [0, 0.1) is 22.9 Å². The summed E-state index contributed by atoms with van der Waals surface area (Å²) in [7, 11) is 0. The van der Waals surface area contributed by atoms with Crippen LogP contribution in [0.1, 0.15) is 5.56 Å². The lowest BCUT2D eigenvalue weighted by Crippen LogP contribution is -2.01. The normalized spacial score (nSPS) is 10.3. The average molecular weight is 248 g/mol. The summed E-state index contributed by atoms with van der Waals surface area (Å²) in [4.78, 5) is 17.6. The first-order valence-corrected chi connectivity index (χ1v) is 5.02. The first-order valence-electron chi connectivity index (χ1n) is 5.02. The van der Waals surface area contributed by atoms with Crippen molar-refractivity contribution in [1.82, 2.24) is 9.97 Å². The molecule has 0 unspecified atom stereocenters. The molecule has 0 bridgehead atoms. The van der Waals surface area contributed by atoms with Crippen molar-refractivity contribution in [1.29, 1.82) is 0 Å². The SMILES string of the molecule is Cc1cc(F)cc(-c2nc(N)ncc2[N+](=O)[O-])c1. The van der Waals surface area contributed by atoms with Gasteiger partial charge in [-0.2, -0.15) is 0 Å². The second kappa shape index (κ2) is 4.36. The molecule has 0 aliphatic rings. The Bertz CT molecular complexity index is 610. The summed E-state index contributed by atoms with van der Waals surface area (Å²) in [6.45, 7) is 1.68. The molecule has 7 heteroatoms. The summed E-state index contributed by atoms with van der Waals surface area (Å²) in [5.41, 5.74) is 6.04. The second-order valence-corrected chi connectivity index (χ2v) is 3.74. The van der Waals surface area contributed by atoms with Gasteiger partial charge in [0.1, 0.15) is 12.0 Å². The van der Waals surface area contributed by atoms with Crippen LogP contribution < -0.4 is 5.73 Å². The molecule has 6 nitrogen and oxygen atoms in total. The Kier molecular flexibility index (Phi) is 2.88. The van der Waals surface area contributed by atoms with Crippen LogP contribution in [0.5, 0.6) is 0 Å². The zero-order valence-electron chi connectivity index (χ0n) is 9.42. The number of aromatic nitrogens is 2. The zero-order chi connectivity index (χ0) is 13.3. The van der Waals surface area contributed by atoms with Crippen LogP contribution in [0.3, 0.4) is 0 Å². The Morgan fingerprint density at radius 3 is 2.72 bits per heavy atom. The fraction of sp³-hybridized carbons (Fsp3) is 0.0909. The summed E-state index contributed by atoms with van der Waals surface area (Å²) in [6, 6.07) is 4.08. The summed E-state index contributed by atoms with van der Waals surface area (Å²) in [5.74, 6) is -0.589. The number of nitro groups is 1. The molecule has 1 aromatic heterocycles. The van der Waals surface area contributed by atoms with Crippen LogP contribution in [0.15, 0.2) is 24.4 Å². The number of nitrogen functional groups attached to an aromatic ring is 1. The first kappa shape index (κ1) is 11.9. The number of benzene rings is 1. The lowest BCUT2D eigenvalue weighted by atomic mass is 10.1. The third kappa shape index (κ3) is 2.24. The number of nitrogens with two attached hydrogens (primary N) is 1. The molecule has 0 amide bonds. The summed E-state index contributed by atoms with van der Waals surface area (Å²) in [6.07, 6.45) is 1.01. The van der Waals surface area contributed by atoms with Crippen molar-refractivity contribution in [3.8, 4) is 11.3 Å². The number of anilines is 1. The minimum Gasteiger partial charge on any atom is -0.368 e. The van der Waals surface area contributed by atoms with Crippen LogP contribution in [0.4, 0.5) is 16.0 Å². The number of rotatable bonds is 2. The zero-order valence-corrected chi connectivity index (χ0v) is 9.42. The van der Waals surface area contributed by atoms with Crippen LogP contribution in [0.2, 0.25) is 0 Å². The summed E-state index contributed by atoms with van der Waals surface area (Å²) in [5, 5.41) is 10.9. The van der Waals surface area contributed by atoms with Gasteiger partial charge in [-0.1, -0.05) is 0 Å². The molecule has 2 N–H and O–H groups in total. The van der Waals surface area contributed by atoms with E-state index in [1.54, 1.807) is 13.0 Å². The molecule has 2 rings (SSSR count). The van der Waals surface area contributed by atoms with Crippen molar-refractivity contribution < 1.29 is 9.31 Å². The number of halogens is 1. The largest absolute Gasteiger partial charge is 0.368 e. The molecule has 2 aromatic rings. The van der Waals surface area contributed by atoms with Gasteiger partial charge in [-0.15, -0.1) is 0 Å². The van der Waals surface area contributed by atoms with E-state index in [0.29, 0.717) is 11.1 Å². The van der Waals surface area contributed by atoms with E-state index in [-0.39, 0.29) is 17.3 Å². The Hall–Kier alpha value is -2.57.